The first-order valence-corrected chi connectivity index (χ1v) is 7.56. The molecule has 0 aliphatic carbocycles. The van der Waals surface area contributed by atoms with Gasteiger partial charge in [-0.2, -0.15) is 0 Å². The number of hydrogen-bond donors (Lipinski definition) is 1. The number of nitrogens with one attached hydrogen (secondary N) is 1. The molecule has 0 atom stereocenters. The molecule has 2 heterocycles. The monoisotopic (exact) mass is 285 g/mol. The van der Waals surface area contributed by atoms with Crippen molar-refractivity contribution < 1.29 is 4.74 Å². The van der Waals surface area contributed by atoms with Crippen molar-refractivity contribution >= 4 is 0 Å². The van der Waals surface area contributed by atoms with Crippen LogP contribution in [0.3, 0.4) is 0 Å². The lowest BCUT2D eigenvalue weighted by atomic mass is 10.1. The Bertz CT molecular complexity index is 516. The summed E-state index contributed by atoms with van der Waals surface area (Å²) in [5.41, 5.74) is 2.41. The van der Waals surface area contributed by atoms with Crippen molar-refractivity contribution in [2.75, 3.05) is 13.2 Å². The summed E-state index contributed by atoms with van der Waals surface area (Å²) in [6.07, 6.45) is 8.53. The molecule has 2 aromatic rings. The molecule has 0 saturated heterocycles. The first-order valence-electron chi connectivity index (χ1n) is 7.56. The van der Waals surface area contributed by atoms with Crippen LogP contribution in [0.25, 0.3) is 0 Å². The van der Waals surface area contributed by atoms with Crippen LogP contribution in [-0.2, 0) is 13.0 Å². The fourth-order valence-electron chi connectivity index (χ4n) is 2.08. The molecular weight excluding hydrogens is 262 g/mol. The van der Waals surface area contributed by atoms with Crippen LogP contribution in [0.5, 0.6) is 5.88 Å². The zero-order valence-corrected chi connectivity index (χ0v) is 12.6. The lowest BCUT2D eigenvalue weighted by Crippen LogP contribution is -2.15. The summed E-state index contributed by atoms with van der Waals surface area (Å²) >= 11 is 0. The van der Waals surface area contributed by atoms with Crippen LogP contribution < -0.4 is 10.1 Å². The molecule has 0 spiro atoms. The van der Waals surface area contributed by atoms with Gasteiger partial charge in [-0.25, -0.2) is 4.98 Å². The quantitative estimate of drug-likeness (QED) is 0.720. The second-order valence-electron chi connectivity index (χ2n) is 4.95. The molecular formula is C17H23N3O. The van der Waals surface area contributed by atoms with Gasteiger partial charge in [0, 0.05) is 30.7 Å². The van der Waals surface area contributed by atoms with Gasteiger partial charge in [0.2, 0.25) is 5.88 Å². The Morgan fingerprint density at radius 2 is 2.00 bits per heavy atom. The zero-order chi connectivity index (χ0) is 14.8. The normalized spacial score (nSPS) is 10.5. The molecule has 21 heavy (non-hydrogen) atoms. The Labute approximate surface area is 126 Å². The molecule has 2 aromatic heterocycles. The van der Waals surface area contributed by atoms with E-state index in [9.17, 15) is 0 Å². The molecule has 0 aliphatic rings. The lowest BCUT2D eigenvalue weighted by Gasteiger charge is -2.10. The van der Waals surface area contributed by atoms with Gasteiger partial charge in [0.15, 0.2) is 0 Å². The van der Waals surface area contributed by atoms with Crippen molar-refractivity contribution in [2.45, 2.75) is 32.7 Å². The summed E-state index contributed by atoms with van der Waals surface area (Å²) < 4.78 is 5.82. The molecule has 4 nitrogen and oxygen atoms in total. The summed E-state index contributed by atoms with van der Waals surface area (Å²) in [6, 6.07) is 8.10. The number of aryl methyl sites for hydroxylation is 1. The van der Waals surface area contributed by atoms with Crippen molar-refractivity contribution in [3.05, 3.63) is 54.0 Å². The molecule has 0 aromatic carbocycles. The van der Waals surface area contributed by atoms with Gasteiger partial charge >= 0.3 is 0 Å². The number of hydrogen-bond acceptors (Lipinski definition) is 4. The SMILES string of the molecule is CCCNCc1cccnc1OCCCc1ccncc1. The zero-order valence-electron chi connectivity index (χ0n) is 12.6. The van der Waals surface area contributed by atoms with E-state index in [1.165, 1.54) is 5.56 Å². The van der Waals surface area contributed by atoms with Crippen molar-refractivity contribution in [1.29, 1.82) is 0 Å². The highest BCUT2D eigenvalue weighted by Gasteiger charge is 2.04. The van der Waals surface area contributed by atoms with Crippen LogP contribution in [0.4, 0.5) is 0 Å². The van der Waals surface area contributed by atoms with E-state index in [1.54, 1.807) is 6.20 Å². The first kappa shape index (κ1) is 15.4. The smallest absolute Gasteiger partial charge is 0.217 e. The molecule has 0 amide bonds. The van der Waals surface area contributed by atoms with Crippen molar-refractivity contribution in [2.24, 2.45) is 0 Å². The van der Waals surface area contributed by atoms with Crippen LogP contribution in [0, 0.1) is 0 Å². The first-order chi connectivity index (χ1) is 10.4. The second-order valence-corrected chi connectivity index (χ2v) is 4.95. The number of pyridine rings is 2. The van der Waals surface area contributed by atoms with Gasteiger partial charge in [-0.15, -0.1) is 0 Å². The molecule has 0 saturated carbocycles. The Balaban J connectivity index is 1.77. The van der Waals surface area contributed by atoms with Gasteiger partial charge in [-0.3, -0.25) is 4.98 Å². The number of ether oxygens (including phenoxy) is 1. The highest BCUT2D eigenvalue weighted by atomic mass is 16.5. The molecule has 0 fully saturated rings. The van der Waals surface area contributed by atoms with Gasteiger partial charge in [0.05, 0.1) is 6.61 Å². The van der Waals surface area contributed by atoms with E-state index in [-0.39, 0.29) is 0 Å². The Morgan fingerprint density at radius 1 is 1.14 bits per heavy atom. The van der Waals surface area contributed by atoms with E-state index >= 15 is 0 Å². The van der Waals surface area contributed by atoms with Crippen LogP contribution in [-0.4, -0.2) is 23.1 Å². The van der Waals surface area contributed by atoms with E-state index in [0.29, 0.717) is 6.61 Å². The number of nitrogens with zero attached hydrogens (tertiary/aromatic N) is 2. The van der Waals surface area contributed by atoms with Gasteiger partial charge in [-0.05, 0) is 49.6 Å². The summed E-state index contributed by atoms with van der Waals surface area (Å²) in [5, 5.41) is 3.38. The topological polar surface area (TPSA) is 47.0 Å². The van der Waals surface area contributed by atoms with Crippen molar-refractivity contribution in [3.63, 3.8) is 0 Å². The third-order valence-corrected chi connectivity index (χ3v) is 3.19. The molecule has 2 rings (SSSR count). The standard InChI is InChI=1S/C17H23N3O/c1-2-9-19-14-16-6-3-10-20-17(16)21-13-4-5-15-7-11-18-12-8-15/h3,6-8,10-12,19H,2,4-5,9,13-14H2,1H3. The minimum atomic E-state index is 0.681. The largest absolute Gasteiger partial charge is 0.477 e. The van der Waals surface area contributed by atoms with Gasteiger partial charge in [0.25, 0.3) is 0 Å². The second kappa shape index (κ2) is 9.08. The highest BCUT2D eigenvalue weighted by Crippen LogP contribution is 2.14. The average molecular weight is 285 g/mol. The third-order valence-electron chi connectivity index (χ3n) is 3.19. The maximum Gasteiger partial charge on any atom is 0.217 e. The molecule has 0 radical (unpaired) electrons. The van der Waals surface area contributed by atoms with E-state index in [0.717, 1.165) is 43.8 Å². The summed E-state index contributed by atoms with van der Waals surface area (Å²) in [7, 11) is 0. The predicted molar refractivity (Wildman–Crippen MR) is 84.3 cm³/mol. The minimum Gasteiger partial charge on any atom is -0.477 e. The maximum atomic E-state index is 5.82. The Morgan fingerprint density at radius 3 is 2.81 bits per heavy atom. The molecule has 0 bridgehead atoms. The number of aromatic nitrogens is 2. The van der Waals surface area contributed by atoms with Gasteiger partial charge in [-0.1, -0.05) is 13.0 Å². The summed E-state index contributed by atoms with van der Waals surface area (Å²) in [4.78, 5) is 8.35. The molecule has 1 N–H and O–H groups in total. The fraction of sp³-hybridized carbons (Fsp3) is 0.412. The van der Waals surface area contributed by atoms with E-state index < -0.39 is 0 Å². The molecule has 0 unspecified atom stereocenters. The van der Waals surface area contributed by atoms with Crippen LogP contribution in [0.1, 0.15) is 30.9 Å². The van der Waals surface area contributed by atoms with Crippen molar-refractivity contribution in [1.82, 2.24) is 15.3 Å². The molecule has 0 aliphatic heterocycles. The lowest BCUT2D eigenvalue weighted by molar-refractivity contribution is 0.295. The summed E-state index contributed by atoms with van der Waals surface area (Å²) in [5.74, 6) is 0.746. The fourth-order valence-corrected chi connectivity index (χ4v) is 2.08. The average Bonchev–Trinajstić information content (AvgIpc) is 2.54. The van der Waals surface area contributed by atoms with Crippen LogP contribution in [0.15, 0.2) is 42.9 Å². The third kappa shape index (κ3) is 5.52. The van der Waals surface area contributed by atoms with E-state index in [4.69, 9.17) is 4.74 Å². The van der Waals surface area contributed by atoms with Gasteiger partial charge < -0.3 is 10.1 Å². The van der Waals surface area contributed by atoms with E-state index in [1.807, 2.05) is 30.6 Å². The Kier molecular flexibility index (Phi) is 6.68. The van der Waals surface area contributed by atoms with Crippen LogP contribution in [0.2, 0.25) is 0 Å². The maximum absolute atomic E-state index is 5.82. The molecule has 112 valence electrons. The van der Waals surface area contributed by atoms with E-state index in [2.05, 4.69) is 28.3 Å². The predicted octanol–water partition coefficient (Wildman–Crippen LogP) is 2.99. The van der Waals surface area contributed by atoms with Gasteiger partial charge in [0.1, 0.15) is 0 Å². The van der Waals surface area contributed by atoms with Crippen LogP contribution >= 0.6 is 0 Å². The Hall–Kier alpha value is -1.94. The minimum absolute atomic E-state index is 0.681. The molecule has 4 heteroatoms. The summed E-state index contributed by atoms with van der Waals surface area (Å²) in [6.45, 7) is 4.66. The highest BCUT2D eigenvalue weighted by molar-refractivity contribution is 5.25. The number of rotatable bonds is 9. The van der Waals surface area contributed by atoms with Crippen molar-refractivity contribution in [3.8, 4) is 5.88 Å².